The highest BCUT2D eigenvalue weighted by Gasteiger charge is 2.47. The second-order valence-electron chi connectivity index (χ2n) is 6.03. The lowest BCUT2D eigenvalue weighted by Crippen LogP contribution is -2.60. The predicted molar refractivity (Wildman–Crippen MR) is 78.4 cm³/mol. The van der Waals surface area contributed by atoms with Crippen LogP contribution in [0.25, 0.3) is 11.5 Å². The molecule has 3 rings (SSSR count). The molecule has 0 N–H and O–H groups in total. The molecule has 1 amide bonds. The maximum Gasteiger partial charge on any atom is 0.247 e. The number of halogens is 1. The standard InChI is InChI=1S/C16H15FN4O2/c1-10(7-18)14(22)21-8-16(2,9-21)15-20-19-13(23-15)11-4-3-5-12(17)6-11/h3-6,10H,8-9H2,1-2H3. The summed E-state index contributed by atoms with van der Waals surface area (Å²) < 4.78 is 18.9. The van der Waals surface area contributed by atoms with Gasteiger partial charge in [0.2, 0.25) is 17.7 Å². The first kappa shape index (κ1) is 15.2. The minimum Gasteiger partial charge on any atom is -0.420 e. The molecule has 0 saturated carbocycles. The Balaban J connectivity index is 1.75. The number of benzene rings is 1. The van der Waals surface area contributed by atoms with Crippen LogP contribution in [0.1, 0.15) is 19.7 Å². The summed E-state index contributed by atoms with van der Waals surface area (Å²) in [6.07, 6.45) is 0. The first-order chi connectivity index (χ1) is 10.9. The molecule has 0 radical (unpaired) electrons. The van der Waals surface area contributed by atoms with Crippen molar-refractivity contribution >= 4 is 5.91 Å². The number of nitrogens with zero attached hydrogens (tertiary/aromatic N) is 4. The van der Waals surface area contributed by atoms with Gasteiger partial charge in [-0.3, -0.25) is 4.79 Å². The van der Waals surface area contributed by atoms with Crippen LogP contribution in [0.2, 0.25) is 0 Å². The molecule has 1 aromatic carbocycles. The predicted octanol–water partition coefficient (Wildman–Crippen LogP) is 2.14. The summed E-state index contributed by atoms with van der Waals surface area (Å²) in [7, 11) is 0. The topological polar surface area (TPSA) is 83.0 Å². The Morgan fingerprint density at radius 3 is 2.87 bits per heavy atom. The number of amides is 1. The van der Waals surface area contributed by atoms with E-state index in [0.29, 0.717) is 24.5 Å². The lowest BCUT2D eigenvalue weighted by Gasteiger charge is -2.45. The summed E-state index contributed by atoms with van der Waals surface area (Å²) in [6.45, 7) is 4.33. The zero-order valence-electron chi connectivity index (χ0n) is 12.8. The molecule has 6 nitrogen and oxygen atoms in total. The van der Waals surface area contributed by atoms with E-state index in [1.54, 1.807) is 24.0 Å². The van der Waals surface area contributed by atoms with Crippen molar-refractivity contribution < 1.29 is 13.6 Å². The van der Waals surface area contributed by atoms with Crippen LogP contribution in [0, 0.1) is 23.1 Å². The van der Waals surface area contributed by atoms with Crippen LogP contribution in [0.5, 0.6) is 0 Å². The largest absolute Gasteiger partial charge is 0.420 e. The fraction of sp³-hybridized carbons (Fsp3) is 0.375. The maximum absolute atomic E-state index is 13.3. The van der Waals surface area contributed by atoms with Gasteiger partial charge in [-0.1, -0.05) is 6.07 Å². The van der Waals surface area contributed by atoms with Gasteiger partial charge in [-0.25, -0.2) is 4.39 Å². The van der Waals surface area contributed by atoms with E-state index in [1.807, 2.05) is 13.0 Å². The Morgan fingerprint density at radius 2 is 2.22 bits per heavy atom. The Labute approximate surface area is 132 Å². The van der Waals surface area contributed by atoms with Crippen LogP contribution in [0.15, 0.2) is 28.7 Å². The van der Waals surface area contributed by atoms with Crippen molar-refractivity contribution in [3.05, 3.63) is 36.0 Å². The van der Waals surface area contributed by atoms with E-state index in [1.165, 1.54) is 12.1 Å². The molecule has 2 aromatic rings. The minimum absolute atomic E-state index is 0.199. The summed E-state index contributed by atoms with van der Waals surface area (Å²) in [4.78, 5) is 13.5. The van der Waals surface area contributed by atoms with Crippen molar-refractivity contribution in [3.63, 3.8) is 0 Å². The van der Waals surface area contributed by atoms with Crippen LogP contribution in [-0.4, -0.2) is 34.1 Å². The Morgan fingerprint density at radius 1 is 1.48 bits per heavy atom. The molecule has 1 saturated heterocycles. The lowest BCUT2D eigenvalue weighted by molar-refractivity contribution is -0.141. The Bertz CT molecular complexity index is 789. The Hall–Kier alpha value is -2.75. The third-order valence-electron chi connectivity index (χ3n) is 3.97. The highest BCUT2D eigenvalue weighted by atomic mass is 19.1. The molecule has 1 aliphatic rings. The fourth-order valence-corrected chi connectivity index (χ4v) is 2.62. The van der Waals surface area contributed by atoms with Crippen LogP contribution < -0.4 is 0 Å². The van der Waals surface area contributed by atoms with Crippen LogP contribution in [0.3, 0.4) is 0 Å². The molecule has 0 aliphatic carbocycles. The Kier molecular flexibility index (Phi) is 3.60. The zero-order valence-corrected chi connectivity index (χ0v) is 12.8. The summed E-state index contributed by atoms with van der Waals surface area (Å²) in [5, 5.41) is 16.8. The number of carbonyl (C=O) groups is 1. The highest BCUT2D eigenvalue weighted by molar-refractivity contribution is 5.82. The number of nitriles is 1. The van der Waals surface area contributed by atoms with E-state index in [4.69, 9.17) is 9.68 Å². The number of rotatable bonds is 3. The summed E-state index contributed by atoms with van der Waals surface area (Å²) >= 11 is 0. The van der Waals surface area contributed by atoms with Crippen molar-refractivity contribution in [1.29, 1.82) is 5.26 Å². The van der Waals surface area contributed by atoms with E-state index in [-0.39, 0.29) is 17.6 Å². The molecule has 23 heavy (non-hydrogen) atoms. The molecule has 7 heteroatoms. The molecule has 1 atom stereocenters. The lowest BCUT2D eigenvalue weighted by atomic mass is 9.81. The molecule has 1 unspecified atom stereocenters. The molecule has 0 bridgehead atoms. The number of hydrogen-bond donors (Lipinski definition) is 0. The second-order valence-corrected chi connectivity index (χ2v) is 6.03. The van der Waals surface area contributed by atoms with Gasteiger partial charge < -0.3 is 9.32 Å². The molecular weight excluding hydrogens is 299 g/mol. The van der Waals surface area contributed by atoms with Gasteiger partial charge in [-0.2, -0.15) is 5.26 Å². The van der Waals surface area contributed by atoms with Crippen molar-refractivity contribution in [2.24, 2.45) is 5.92 Å². The van der Waals surface area contributed by atoms with Crippen LogP contribution in [0.4, 0.5) is 4.39 Å². The van der Waals surface area contributed by atoms with E-state index < -0.39 is 11.3 Å². The average molecular weight is 314 g/mol. The monoisotopic (exact) mass is 314 g/mol. The van der Waals surface area contributed by atoms with Gasteiger partial charge in [0, 0.05) is 18.7 Å². The smallest absolute Gasteiger partial charge is 0.247 e. The van der Waals surface area contributed by atoms with Crippen LogP contribution in [-0.2, 0) is 10.2 Å². The summed E-state index contributed by atoms with van der Waals surface area (Å²) in [6, 6.07) is 7.86. The fourth-order valence-electron chi connectivity index (χ4n) is 2.62. The number of hydrogen-bond acceptors (Lipinski definition) is 5. The van der Waals surface area contributed by atoms with Crippen molar-refractivity contribution in [1.82, 2.24) is 15.1 Å². The molecule has 118 valence electrons. The highest BCUT2D eigenvalue weighted by Crippen LogP contribution is 2.35. The van der Waals surface area contributed by atoms with Gasteiger partial charge in [-0.05, 0) is 32.0 Å². The number of likely N-dealkylation sites (tertiary alicyclic amines) is 1. The number of aromatic nitrogens is 2. The van der Waals surface area contributed by atoms with E-state index in [0.717, 1.165) is 0 Å². The van der Waals surface area contributed by atoms with Gasteiger partial charge in [0.1, 0.15) is 11.7 Å². The molecule has 0 spiro atoms. The molecule has 1 aromatic heterocycles. The van der Waals surface area contributed by atoms with E-state index in [2.05, 4.69) is 10.2 Å². The van der Waals surface area contributed by atoms with E-state index in [9.17, 15) is 9.18 Å². The quantitative estimate of drug-likeness (QED) is 0.866. The number of carbonyl (C=O) groups excluding carboxylic acids is 1. The first-order valence-corrected chi connectivity index (χ1v) is 7.21. The van der Waals surface area contributed by atoms with Crippen LogP contribution >= 0.6 is 0 Å². The SMILES string of the molecule is CC(C#N)C(=O)N1CC(C)(c2nnc(-c3cccc(F)c3)o2)C1. The maximum atomic E-state index is 13.3. The van der Waals surface area contributed by atoms with Gasteiger partial charge in [0.25, 0.3) is 0 Å². The average Bonchev–Trinajstić information content (AvgIpc) is 3.00. The van der Waals surface area contributed by atoms with Gasteiger partial charge >= 0.3 is 0 Å². The van der Waals surface area contributed by atoms with Gasteiger partial charge in [-0.15, -0.1) is 10.2 Å². The zero-order chi connectivity index (χ0) is 16.6. The second kappa shape index (κ2) is 5.47. The minimum atomic E-state index is -0.662. The first-order valence-electron chi connectivity index (χ1n) is 7.21. The normalized spacial score (nSPS) is 17.2. The third kappa shape index (κ3) is 2.68. The van der Waals surface area contributed by atoms with E-state index >= 15 is 0 Å². The van der Waals surface area contributed by atoms with Gasteiger partial charge in [0.05, 0.1) is 11.5 Å². The molecule has 2 heterocycles. The van der Waals surface area contributed by atoms with Crippen molar-refractivity contribution in [2.75, 3.05) is 13.1 Å². The third-order valence-corrected chi connectivity index (χ3v) is 3.97. The molecule has 1 fully saturated rings. The van der Waals surface area contributed by atoms with Crippen molar-refractivity contribution in [3.8, 4) is 17.5 Å². The molecular formula is C16H15FN4O2. The summed E-state index contributed by atoms with van der Waals surface area (Å²) in [5.74, 6) is -0.583. The van der Waals surface area contributed by atoms with Gasteiger partial charge in [0.15, 0.2) is 0 Å². The molecule has 1 aliphatic heterocycles. The van der Waals surface area contributed by atoms with Crippen molar-refractivity contribution in [2.45, 2.75) is 19.3 Å². The summed E-state index contributed by atoms with van der Waals surface area (Å²) in [5.41, 5.74) is 0.0707.